The molecule has 0 saturated carbocycles. The number of H-pyrrole nitrogens is 1. The van der Waals surface area contributed by atoms with Gasteiger partial charge in [-0.25, -0.2) is 0 Å². The number of anilines is 1. The first-order valence-corrected chi connectivity index (χ1v) is 8.86. The highest BCUT2D eigenvalue weighted by atomic mass is 16.2. The fourth-order valence-electron chi connectivity index (χ4n) is 3.25. The highest BCUT2D eigenvalue weighted by molar-refractivity contribution is 6.05. The first-order chi connectivity index (χ1) is 12.0. The molecule has 0 bridgehead atoms. The van der Waals surface area contributed by atoms with Crippen molar-refractivity contribution in [3.8, 4) is 0 Å². The molecule has 2 N–H and O–H groups in total. The summed E-state index contributed by atoms with van der Waals surface area (Å²) in [5, 5.41) is 2.86. The summed E-state index contributed by atoms with van der Waals surface area (Å²) in [6.45, 7) is 5.88. The van der Waals surface area contributed by atoms with Crippen LogP contribution in [0.3, 0.4) is 0 Å². The maximum Gasteiger partial charge on any atom is 0.272 e. The van der Waals surface area contributed by atoms with E-state index in [4.69, 9.17) is 0 Å². The van der Waals surface area contributed by atoms with Crippen LogP contribution in [0.4, 0.5) is 5.69 Å². The van der Waals surface area contributed by atoms with Crippen LogP contribution in [0.25, 0.3) is 0 Å². The van der Waals surface area contributed by atoms with Gasteiger partial charge in [-0.05, 0) is 57.0 Å². The van der Waals surface area contributed by atoms with E-state index in [1.54, 1.807) is 12.3 Å². The predicted octanol–water partition coefficient (Wildman–Crippen LogP) is 3.84. The van der Waals surface area contributed by atoms with Crippen molar-refractivity contribution >= 4 is 17.4 Å². The van der Waals surface area contributed by atoms with E-state index in [1.807, 2.05) is 12.1 Å². The van der Waals surface area contributed by atoms with Crippen molar-refractivity contribution in [3.63, 3.8) is 0 Å². The third-order valence-electron chi connectivity index (χ3n) is 4.87. The second-order valence-electron chi connectivity index (χ2n) is 6.82. The maximum atomic E-state index is 12.2. The van der Waals surface area contributed by atoms with Crippen molar-refractivity contribution < 1.29 is 9.59 Å². The number of benzene rings is 1. The molecule has 1 atom stereocenters. The SMILES string of the molecule is CC(=O)c1c[nH]c(C(=O)Nc2ccc(CN3CCCC[C@@H]3C)cc2)c1. The summed E-state index contributed by atoms with van der Waals surface area (Å²) >= 11 is 0. The lowest BCUT2D eigenvalue weighted by Gasteiger charge is -2.33. The molecule has 5 nitrogen and oxygen atoms in total. The van der Waals surface area contributed by atoms with Crippen LogP contribution in [-0.4, -0.2) is 34.2 Å². The normalized spacial score (nSPS) is 18.1. The molecule has 1 amide bonds. The maximum absolute atomic E-state index is 12.2. The number of hydrogen-bond acceptors (Lipinski definition) is 3. The van der Waals surface area contributed by atoms with E-state index in [2.05, 4.69) is 34.3 Å². The Balaban J connectivity index is 1.60. The molecule has 0 aliphatic carbocycles. The number of ketones is 1. The zero-order chi connectivity index (χ0) is 17.8. The molecule has 25 heavy (non-hydrogen) atoms. The number of nitrogens with zero attached hydrogens (tertiary/aromatic N) is 1. The molecule has 1 aromatic heterocycles. The first kappa shape index (κ1) is 17.4. The lowest BCUT2D eigenvalue weighted by atomic mass is 10.0. The van der Waals surface area contributed by atoms with Crippen LogP contribution in [0.5, 0.6) is 0 Å². The summed E-state index contributed by atoms with van der Waals surface area (Å²) in [6.07, 6.45) is 5.43. The molecule has 0 unspecified atom stereocenters. The van der Waals surface area contributed by atoms with Gasteiger partial charge in [0.15, 0.2) is 5.78 Å². The van der Waals surface area contributed by atoms with Crippen LogP contribution in [-0.2, 0) is 6.54 Å². The molecule has 2 aromatic rings. The van der Waals surface area contributed by atoms with Gasteiger partial charge in [-0.1, -0.05) is 18.6 Å². The van der Waals surface area contributed by atoms with Crippen LogP contribution in [0.2, 0.25) is 0 Å². The van der Waals surface area contributed by atoms with Gasteiger partial charge in [-0.2, -0.15) is 0 Å². The minimum atomic E-state index is -0.245. The zero-order valence-electron chi connectivity index (χ0n) is 14.8. The fourth-order valence-corrected chi connectivity index (χ4v) is 3.25. The molecule has 1 aromatic carbocycles. The number of aromatic amines is 1. The Kier molecular flexibility index (Phi) is 5.34. The standard InChI is InChI=1S/C20H25N3O2/c1-14-5-3-4-10-23(14)13-16-6-8-18(9-7-16)22-20(25)19-11-17(12-21-19)15(2)24/h6-9,11-12,14,21H,3-5,10,13H2,1-2H3,(H,22,25)/t14-/m0/s1. The largest absolute Gasteiger partial charge is 0.356 e. The molecular weight excluding hydrogens is 314 g/mol. The van der Waals surface area contributed by atoms with Gasteiger partial charge in [0.2, 0.25) is 0 Å². The molecular formula is C20H25N3O2. The Morgan fingerprint density at radius 1 is 1.24 bits per heavy atom. The van der Waals surface area contributed by atoms with E-state index < -0.39 is 0 Å². The molecule has 1 saturated heterocycles. The summed E-state index contributed by atoms with van der Waals surface area (Å²) < 4.78 is 0. The van der Waals surface area contributed by atoms with E-state index in [0.29, 0.717) is 17.3 Å². The number of carbonyl (C=O) groups excluding carboxylic acids is 2. The number of amides is 1. The fraction of sp³-hybridized carbons (Fsp3) is 0.400. The first-order valence-electron chi connectivity index (χ1n) is 8.86. The van der Waals surface area contributed by atoms with Crippen molar-refractivity contribution in [1.29, 1.82) is 0 Å². The molecule has 1 aliphatic rings. The smallest absolute Gasteiger partial charge is 0.272 e. The number of aromatic nitrogens is 1. The second-order valence-corrected chi connectivity index (χ2v) is 6.82. The van der Waals surface area contributed by atoms with E-state index in [1.165, 1.54) is 31.7 Å². The number of likely N-dealkylation sites (tertiary alicyclic amines) is 1. The minimum Gasteiger partial charge on any atom is -0.356 e. The number of piperidine rings is 1. The zero-order valence-corrected chi connectivity index (χ0v) is 14.8. The number of nitrogens with one attached hydrogen (secondary N) is 2. The van der Waals surface area contributed by atoms with Gasteiger partial charge in [-0.3, -0.25) is 14.5 Å². The van der Waals surface area contributed by atoms with Crippen LogP contribution >= 0.6 is 0 Å². The summed E-state index contributed by atoms with van der Waals surface area (Å²) in [5.41, 5.74) is 2.90. The molecule has 0 radical (unpaired) electrons. The molecule has 5 heteroatoms. The third kappa shape index (κ3) is 4.37. The van der Waals surface area contributed by atoms with Gasteiger partial charge in [0.25, 0.3) is 5.91 Å². The molecule has 132 valence electrons. The summed E-state index contributed by atoms with van der Waals surface area (Å²) in [4.78, 5) is 28.9. The Morgan fingerprint density at radius 3 is 2.64 bits per heavy atom. The lowest BCUT2D eigenvalue weighted by molar-refractivity contribution is 0.101. The van der Waals surface area contributed by atoms with Gasteiger partial charge >= 0.3 is 0 Å². The van der Waals surface area contributed by atoms with Crippen molar-refractivity contribution in [2.45, 2.75) is 45.7 Å². The Hall–Kier alpha value is -2.40. The van der Waals surface area contributed by atoms with Gasteiger partial charge in [0, 0.05) is 30.0 Å². The molecule has 2 heterocycles. The van der Waals surface area contributed by atoms with Gasteiger partial charge < -0.3 is 10.3 Å². The highest BCUT2D eigenvalue weighted by Crippen LogP contribution is 2.20. The van der Waals surface area contributed by atoms with Gasteiger partial charge in [0.05, 0.1) is 0 Å². The van der Waals surface area contributed by atoms with E-state index >= 15 is 0 Å². The molecule has 0 spiro atoms. The number of Topliss-reactive ketones (excluding diaryl/α,β-unsaturated/α-hetero) is 1. The van der Waals surface area contributed by atoms with Gasteiger partial charge in [0.1, 0.15) is 5.69 Å². The van der Waals surface area contributed by atoms with Crippen LogP contribution < -0.4 is 5.32 Å². The van der Waals surface area contributed by atoms with Crippen molar-refractivity contribution in [3.05, 3.63) is 53.3 Å². The number of hydrogen-bond donors (Lipinski definition) is 2. The average Bonchev–Trinajstić information content (AvgIpc) is 3.09. The van der Waals surface area contributed by atoms with Crippen LogP contribution in [0, 0.1) is 0 Å². The van der Waals surface area contributed by atoms with Crippen molar-refractivity contribution in [2.75, 3.05) is 11.9 Å². The van der Waals surface area contributed by atoms with E-state index in [-0.39, 0.29) is 11.7 Å². The third-order valence-corrected chi connectivity index (χ3v) is 4.87. The summed E-state index contributed by atoms with van der Waals surface area (Å²) in [7, 11) is 0. The molecule has 1 fully saturated rings. The topological polar surface area (TPSA) is 65.2 Å². The van der Waals surface area contributed by atoms with Gasteiger partial charge in [-0.15, -0.1) is 0 Å². The Morgan fingerprint density at radius 2 is 2.00 bits per heavy atom. The lowest BCUT2D eigenvalue weighted by Crippen LogP contribution is -2.36. The monoisotopic (exact) mass is 339 g/mol. The van der Waals surface area contributed by atoms with E-state index in [0.717, 1.165) is 18.8 Å². The molecule has 1 aliphatic heterocycles. The number of rotatable bonds is 5. The van der Waals surface area contributed by atoms with Crippen molar-refractivity contribution in [2.24, 2.45) is 0 Å². The van der Waals surface area contributed by atoms with E-state index in [9.17, 15) is 9.59 Å². The van der Waals surface area contributed by atoms with Crippen LogP contribution in [0.1, 0.15) is 59.5 Å². The molecule has 3 rings (SSSR count). The predicted molar refractivity (Wildman–Crippen MR) is 98.9 cm³/mol. The average molecular weight is 339 g/mol. The Labute approximate surface area is 148 Å². The Bertz CT molecular complexity index is 749. The van der Waals surface area contributed by atoms with Crippen LogP contribution in [0.15, 0.2) is 36.5 Å². The quantitative estimate of drug-likeness (QED) is 0.813. The minimum absolute atomic E-state index is 0.0633. The highest BCUT2D eigenvalue weighted by Gasteiger charge is 2.18. The second kappa shape index (κ2) is 7.66. The van der Waals surface area contributed by atoms with Crippen molar-refractivity contribution in [1.82, 2.24) is 9.88 Å². The summed E-state index contributed by atoms with van der Waals surface area (Å²) in [5.74, 6) is -0.309. The summed E-state index contributed by atoms with van der Waals surface area (Å²) in [6, 6.07) is 10.2. The number of carbonyl (C=O) groups is 2.